The van der Waals surface area contributed by atoms with Crippen LogP contribution < -0.4 is 9.46 Å². The molecule has 0 unspecified atom stereocenters. The number of hydrogen-bond donors (Lipinski definition) is 1. The molecule has 1 N–H and O–H groups in total. The Hall–Kier alpha value is -1.35. The summed E-state index contributed by atoms with van der Waals surface area (Å²) in [6.45, 7) is 2.91. The summed E-state index contributed by atoms with van der Waals surface area (Å²) in [5.41, 5.74) is 0. The number of methoxy groups -OCH3 is 1. The van der Waals surface area contributed by atoms with Crippen molar-refractivity contribution in [3.8, 4) is 5.75 Å². The maximum atomic E-state index is 12.1. The lowest BCUT2D eigenvalue weighted by Gasteiger charge is -2.10. The topological polar surface area (TPSA) is 90.9 Å². The third kappa shape index (κ3) is 6.74. The van der Waals surface area contributed by atoms with Crippen molar-refractivity contribution in [3.05, 3.63) is 23.2 Å². The molecule has 0 heterocycles. The van der Waals surface area contributed by atoms with E-state index >= 15 is 0 Å². The van der Waals surface area contributed by atoms with Gasteiger partial charge < -0.3 is 14.2 Å². The zero-order valence-corrected chi connectivity index (χ0v) is 14.6. The van der Waals surface area contributed by atoms with Gasteiger partial charge in [-0.2, -0.15) is 0 Å². The Bertz CT molecular complexity index is 620. The normalized spacial score (nSPS) is 11.3. The third-order valence-corrected chi connectivity index (χ3v) is 4.50. The van der Waals surface area contributed by atoms with Crippen LogP contribution in [-0.4, -0.2) is 47.9 Å². The van der Waals surface area contributed by atoms with Crippen LogP contribution >= 0.6 is 11.6 Å². The minimum Gasteiger partial charge on any atom is -0.480 e. The number of benzene rings is 1. The predicted octanol–water partition coefficient (Wildman–Crippen LogP) is 1.60. The maximum absolute atomic E-state index is 12.1. The number of nitrogens with one attached hydrogen (secondary N) is 1. The molecular weight excluding hydrogens is 346 g/mol. The zero-order chi connectivity index (χ0) is 17.3. The van der Waals surface area contributed by atoms with E-state index in [1.165, 1.54) is 25.3 Å². The van der Waals surface area contributed by atoms with Crippen LogP contribution in [0.1, 0.15) is 13.3 Å². The summed E-state index contributed by atoms with van der Waals surface area (Å²) in [7, 11) is -2.42. The van der Waals surface area contributed by atoms with Crippen LogP contribution in [0.3, 0.4) is 0 Å². The number of hydrogen-bond acceptors (Lipinski definition) is 6. The fraction of sp³-hybridized carbons (Fsp3) is 0.500. The Morgan fingerprint density at radius 2 is 2.09 bits per heavy atom. The number of sulfonamides is 1. The molecule has 23 heavy (non-hydrogen) atoms. The number of rotatable bonds is 10. The van der Waals surface area contributed by atoms with Gasteiger partial charge in [-0.1, -0.05) is 11.6 Å². The van der Waals surface area contributed by atoms with Crippen molar-refractivity contribution >= 4 is 27.6 Å². The molecule has 0 amide bonds. The summed E-state index contributed by atoms with van der Waals surface area (Å²) in [4.78, 5) is 11.0. The first-order chi connectivity index (χ1) is 10.9. The minimum atomic E-state index is -3.66. The molecule has 9 heteroatoms. The molecule has 1 aromatic carbocycles. The van der Waals surface area contributed by atoms with Gasteiger partial charge in [-0.15, -0.1) is 0 Å². The summed E-state index contributed by atoms with van der Waals surface area (Å²) in [6, 6.07) is 4.00. The van der Waals surface area contributed by atoms with Crippen LogP contribution in [-0.2, 0) is 24.3 Å². The molecule has 0 aromatic heterocycles. The molecule has 0 saturated carbocycles. The Morgan fingerprint density at radius 3 is 2.70 bits per heavy atom. The van der Waals surface area contributed by atoms with Crippen LogP contribution in [0.25, 0.3) is 0 Å². The van der Waals surface area contributed by atoms with Gasteiger partial charge in [-0.3, -0.25) is 0 Å². The lowest BCUT2D eigenvalue weighted by molar-refractivity contribution is -0.142. The van der Waals surface area contributed by atoms with Crippen molar-refractivity contribution in [1.82, 2.24) is 4.72 Å². The Kier molecular flexibility index (Phi) is 8.32. The lowest BCUT2D eigenvalue weighted by Crippen LogP contribution is -2.25. The van der Waals surface area contributed by atoms with Gasteiger partial charge >= 0.3 is 5.97 Å². The van der Waals surface area contributed by atoms with Crippen LogP contribution in [0.4, 0.5) is 0 Å². The molecule has 0 aliphatic heterocycles. The predicted molar refractivity (Wildman–Crippen MR) is 85.3 cm³/mol. The van der Waals surface area contributed by atoms with E-state index in [-0.39, 0.29) is 28.8 Å². The van der Waals surface area contributed by atoms with E-state index in [0.29, 0.717) is 19.6 Å². The lowest BCUT2D eigenvalue weighted by atomic mass is 10.3. The minimum absolute atomic E-state index is 0.0179. The number of esters is 1. The molecule has 0 saturated heterocycles. The average Bonchev–Trinajstić information content (AvgIpc) is 2.53. The van der Waals surface area contributed by atoms with Crippen LogP contribution in [0.5, 0.6) is 5.75 Å². The average molecular weight is 366 g/mol. The van der Waals surface area contributed by atoms with Crippen LogP contribution in [0, 0.1) is 0 Å². The van der Waals surface area contributed by atoms with Gasteiger partial charge in [0.1, 0.15) is 5.75 Å². The van der Waals surface area contributed by atoms with E-state index in [2.05, 4.69) is 9.46 Å². The molecule has 130 valence electrons. The summed E-state index contributed by atoms with van der Waals surface area (Å²) >= 11 is 5.98. The van der Waals surface area contributed by atoms with Gasteiger partial charge in [0.05, 0.1) is 17.0 Å². The molecule has 7 nitrogen and oxygen atoms in total. The number of halogens is 1. The van der Waals surface area contributed by atoms with E-state index in [1.54, 1.807) is 0 Å². The highest BCUT2D eigenvalue weighted by Gasteiger charge is 2.16. The van der Waals surface area contributed by atoms with Gasteiger partial charge in [0, 0.05) is 19.8 Å². The van der Waals surface area contributed by atoms with Gasteiger partial charge in [0.15, 0.2) is 6.61 Å². The Labute approximate surface area is 140 Å². The Morgan fingerprint density at radius 1 is 1.35 bits per heavy atom. The summed E-state index contributed by atoms with van der Waals surface area (Å²) in [5.74, 6) is -0.360. The first-order valence-electron chi connectivity index (χ1n) is 6.97. The molecule has 0 spiro atoms. The first-order valence-corrected chi connectivity index (χ1v) is 8.83. The summed E-state index contributed by atoms with van der Waals surface area (Å²) < 4.78 is 41.4. The summed E-state index contributed by atoms with van der Waals surface area (Å²) in [6.07, 6.45) is 0.571. The standard InChI is InChI=1S/C14H20ClNO6S/c1-3-21-8-4-7-16-23(18,19)11-5-6-13(12(15)9-11)22-10-14(17)20-2/h5-6,9,16H,3-4,7-8,10H2,1-2H3. The third-order valence-electron chi connectivity index (χ3n) is 2.75. The molecule has 0 aliphatic rings. The van der Waals surface area contributed by atoms with Crippen LogP contribution in [0.15, 0.2) is 23.1 Å². The van der Waals surface area contributed by atoms with Gasteiger partial charge in [-0.25, -0.2) is 17.9 Å². The van der Waals surface area contributed by atoms with E-state index in [1.807, 2.05) is 6.92 Å². The highest BCUT2D eigenvalue weighted by atomic mass is 35.5. The van der Waals surface area contributed by atoms with Gasteiger partial charge in [0.2, 0.25) is 10.0 Å². The molecule has 0 atom stereocenters. The van der Waals surface area contributed by atoms with E-state index in [4.69, 9.17) is 21.1 Å². The van der Waals surface area contributed by atoms with Crippen molar-refractivity contribution in [2.45, 2.75) is 18.2 Å². The molecule has 0 fully saturated rings. The number of carbonyl (C=O) groups excluding carboxylic acids is 1. The number of carbonyl (C=O) groups is 1. The summed E-state index contributed by atoms with van der Waals surface area (Å²) in [5, 5.41) is 0.0890. The van der Waals surface area contributed by atoms with Crippen LogP contribution in [0.2, 0.25) is 5.02 Å². The monoisotopic (exact) mass is 365 g/mol. The fourth-order valence-corrected chi connectivity index (χ4v) is 2.97. The second-order valence-electron chi connectivity index (χ2n) is 4.41. The zero-order valence-electron chi connectivity index (χ0n) is 13.0. The van der Waals surface area contributed by atoms with Gasteiger partial charge in [0.25, 0.3) is 0 Å². The molecule has 1 aromatic rings. The SMILES string of the molecule is CCOCCCNS(=O)(=O)c1ccc(OCC(=O)OC)c(Cl)c1. The van der Waals surface area contributed by atoms with Gasteiger partial charge in [-0.05, 0) is 31.5 Å². The number of ether oxygens (including phenoxy) is 3. The van der Waals surface area contributed by atoms with Crippen molar-refractivity contribution in [3.63, 3.8) is 0 Å². The van der Waals surface area contributed by atoms with Crippen molar-refractivity contribution < 1.29 is 27.4 Å². The largest absolute Gasteiger partial charge is 0.480 e. The molecule has 0 aliphatic carbocycles. The quantitative estimate of drug-likeness (QED) is 0.500. The van der Waals surface area contributed by atoms with Crippen molar-refractivity contribution in [1.29, 1.82) is 0 Å². The molecule has 1 rings (SSSR count). The fourth-order valence-electron chi connectivity index (χ4n) is 1.57. The van der Waals surface area contributed by atoms with Crippen molar-refractivity contribution in [2.75, 3.05) is 33.5 Å². The van der Waals surface area contributed by atoms with E-state index in [9.17, 15) is 13.2 Å². The second-order valence-corrected chi connectivity index (χ2v) is 6.58. The van der Waals surface area contributed by atoms with E-state index in [0.717, 1.165) is 0 Å². The smallest absolute Gasteiger partial charge is 0.343 e. The first kappa shape index (κ1) is 19.7. The maximum Gasteiger partial charge on any atom is 0.343 e. The highest BCUT2D eigenvalue weighted by molar-refractivity contribution is 7.89. The highest BCUT2D eigenvalue weighted by Crippen LogP contribution is 2.27. The Balaban J connectivity index is 2.66. The van der Waals surface area contributed by atoms with E-state index < -0.39 is 16.0 Å². The molecule has 0 radical (unpaired) electrons. The second kappa shape index (κ2) is 9.71. The molecular formula is C14H20ClNO6S. The molecule has 0 bridgehead atoms. The van der Waals surface area contributed by atoms with Crippen molar-refractivity contribution in [2.24, 2.45) is 0 Å².